The molecule has 0 spiro atoms. The zero-order valence-corrected chi connectivity index (χ0v) is 11.6. The molecule has 0 fully saturated rings. The Hall–Kier alpha value is -0.0900. The van der Waals surface area contributed by atoms with Gasteiger partial charge in [-0.3, -0.25) is 0 Å². The highest BCUT2D eigenvalue weighted by Crippen LogP contribution is 2.18. The summed E-state index contributed by atoms with van der Waals surface area (Å²) in [5, 5.41) is 3.23. The third-order valence-electron chi connectivity index (χ3n) is 2.60. The Labute approximate surface area is 94.6 Å². The maximum absolute atomic E-state index is 12.0. The summed E-state index contributed by atoms with van der Waals surface area (Å²) in [7, 11) is -3.03. The van der Waals surface area contributed by atoms with Crippen molar-refractivity contribution in [1.29, 1.82) is 0 Å². The highest BCUT2D eigenvalue weighted by molar-refractivity contribution is 7.92. The van der Waals surface area contributed by atoms with Gasteiger partial charge in [0, 0.05) is 6.04 Å². The molecule has 1 N–H and O–H groups in total. The average Bonchev–Trinajstić information content (AvgIpc) is 2.00. The van der Waals surface area contributed by atoms with Crippen LogP contribution in [0, 0.1) is 5.92 Å². The molecular formula is C11H25NO2S. The Morgan fingerprint density at radius 1 is 1.20 bits per heavy atom. The minimum absolute atomic E-state index is 0.0548. The monoisotopic (exact) mass is 235 g/mol. The third-order valence-corrected chi connectivity index (χ3v) is 5.27. The van der Waals surface area contributed by atoms with Crippen LogP contribution < -0.4 is 5.32 Å². The van der Waals surface area contributed by atoms with Crippen LogP contribution >= 0.6 is 0 Å². The van der Waals surface area contributed by atoms with Crippen molar-refractivity contribution in [3.8, 4) is 0 Å². The fourth-order valence-corrected chi connectivity index (χ4v) is 2.71. The second-order valence-corrected chi connectivity index (χ2v) is 8.09. The van der Waals surface area contributed by atoms with Crippen molar-refractivity contribution in [3.63, 3.8) is 0 Å². The molecule has 0 radical (unpaired) electrons. The minimum Gasteiger partial charge on any atom is -0.313 e. The average molecular weight is 235 g/mol. The first-order valence-corrected chi connectivity index (χ1v) is 7.22. The van der Waals surface area contributed by atoms with Gasteiger partial charge in [0.05, 0.1) is 10.5 Å². The van der Waals surface area contributed by atoms with E-state index in [1.807, 2.05) is 20.8 Å². The molecule has 0 heterocycles. The first kappa shape index (κ1) is 14.9. The van der Waals surface area contributed by atoms with E-state index in [-0.39, 0.29) is 11.8 Å². The van der Waals surface area contributed by atoms with Gasteiger partial charge in [-0.1, -0.05) is 20.8 Å². The van der Waals surface area contributed by atoms with E-state index < -0.39 is 14.6 Å². The molecule has 0 aliphatic heterocycles. The van der Waals surface area contributed by atoms with Crippen LogP contribution in [-0.4, -0.2) is 31.5 Å². The van der Waals surface area contributed by atoms with Crippen molar-refractivity contribution in [2.45, 2.75) is 52.3 Å². The Balaban J connectivity index is 4.68. The lowest BCUT2D eigenvalue weighted by Gasteiger charge is -2.26. The third kappa shape index (κ3) is 4.51. The molecule has 0 aliphatic carbocycles. The SMILES string of the molecule is CCNC(CS(=O)(=O)C(C)(C)C)C(C)C. The zero-order chi connectivity index (χ0) is 12.3. The quantitative estimate of drug-likeness (QED) is 0.791. The van der Waals surface area contributed by atoms with Gasteiger partial charge in [-0.25, -0.2) is 8.42 Å². The maximum atomic E-state index is 12.0. The van der Waals surface area contributed by atoms with E-state index in [9.17, 15) is 8.42 Å². The van der Waals surface area contributed by atoms with Crippen molar-refractivity contribution in [1.82, 2.24) is 5.32 Å². The second kappa shape index (κ2) is 5.30. The van der Waals surface area contributed by atoms with Crippen LogP contribution in [0.5, 0.6) is 0 Å². The summed E-state index contributed by atoms with van der Waals surface area (Å²) in [6.07, 6.45) is 0. The Kier molecular flexibility index (Phi) is 5.27. The predicted molar refractivity (Wildman–Crippen MR) is 65.8 cm³/mol. The smallest absolute Gasteiger partial charge is 0.156 e. The molecule has 0 aliphatic rings. The molecule has 92 valence electrons. The highest BCUT2D eigenvalue weighted by atomic mass is 32.2. The summed E-state index contributed by atoms with van der Waals surface area (Å²) in [6, 6.07) is 0.0548. The molecule has 1 unspecified atom stereocenters. The van der Waals surface area contributed by atoms with Gasteiger partial charge in [0.25, 0.3) is 0 Å². The highest BCUT2D eigenvalue weighted by Gasteiger charge is 2.32. The van der Waals surface area contributed by atoms with E-state index in [1.54, 1.807) is 20.8 Å². The number of rotatable bonds is 5. The van der Waals surface area contributed by atoms with Crippen LogP contribution in [0.25, 0.3) is 0 Å². The molecule has 0 saturated carbocycles. The molecule has 4 heteroatoms. The van der Waals surface area contributed by atoms with Gasteiger partial charge in [-0.15, -0.1) is 0 Å². The van der Waals surface area contributed by atoms with Crippen LogP contribution in [0.3, 0.4) is 0 Å². The van der Waals surface area contributed by atoms with E-state index >= 15 is 0 Å². The summed E-state index contributed by atoms with van der Waals surface area (Å²) in [5.74, 6) is 0.559. The molecule has 0 rings (SSSR count). The number of hydrogen-bond donors (Lipinski definition) is 1. The fourth-order valence-electron chi connectivity index (χ4n) is 1.24. The molecule has 3 nitrogen and oxygen atoms in total. The minimum atomic E-state index is -3.03. The number of nitrogens with one attached hydrogen (secondary N) is 1. The van der Waals surface area contributed by atoms with E-state index in [0.717, 1.165) is 6.54 Å². The van der Waals surface area contributed by atoms with Gasteiger partial charge in [-0.05, 0) is 33.2 Å². The van der Waals surface area contributed by atoms with Gasteiger partial charge in [0.1, 0.15) is 0 Å². The molecule has 0 aromatic carbocycles. The summed E-state index contributed by atoms with van der Waals surface area (Å²) in [4.78, 5) is 0. The van der Waals surface area contributed by atoms with Crippen LogP contribution in [0.2, 0.25) is 0 Å². The second-order valence-electron chi connectivity index (χ2n) is 5.30. The van der Waals surface area contributed by atoms with Gasteiger partial charge in [0.2, 0.25) is 0 Å². The fraction of sp³-hybridized carbons (Fsp3) is 1.00. The Bertz CT molecular complexity index is 275. The van der Waals surface area contributed by atoms with E-state index in [1.165, 1.54) is 0 Å². The van der Waals surface area contributed by atoms with Crippen LogP contribution in [0.1, 0.15) is 41.5 Å². The lowest BCUT2D eigenvalue weighted by Crippen LogP contribution is -2.44. The lowest BCUT2D eigenvalue weighted by atomic mass is 10.1. The van der Waals surface area contributed by atoms with Crippen LogP contribution in [0.4, 0.5) is 0 Å². The van der Waals surface area contributed by atoms with Crippen LogP contribution in [0.15, 0.2) is 0 Å². The first-order chi connectivity index (χ1) is 6.62. The van der Waals surface area contributed by atoms with Crippen LogP contribution in [-0.2, 0) is 9.84 Å². The van der Waals surface area contributed by atoms with Gasteiger partial charge in [0.15, 0.2) is 9.84 Å². The van der Waals surface area contributed by atoms with Gasteiger partial charge < -0.3 is 5.32 Å². The van der Waals surface area contributed by atoms with Crippen molar-refractivity contribution in [3.05, 3.63) is 0 Å². The van der Waals surface area contributed by atoms with Crippen molar-refractivity contribution in [2.24, 2.45) is 5.92 Å². The molecule has 0 saturated heterocycles. The summed E-state index contributed by atoms with van der Waals surface area (Å²) in [5.41, 5.74) is 0. The summed E-state index contributed by atoms with van der Waals surface area (Å²) < 4.78 is 23.3. The topological polar surface area (TPSA) is 46.2 Å². The predicted octanol–water partition coefficient (Wildman–Crippen LogP) is 1.83. The normalized spacial score (nSPS) is 15.7. The first-order valence-electron chi connectivity index (χ1n) is 5.57. The zero-order valence-electron chi connectivity index (χ0n) is 10.8. The molecule has 0 amide bonds. The number of sulfone groups is 1. The lowest BCUT2D eigenvalue weighted by molar-refractivity contribution is 0.431. The van der Waals surface area contributed by atoms with Crippen molar-refractivity contribution < 1.29 is 8.42 Å². The van der Waals surface area contributed by atoms with Crippen molar-refractivity contribution in [2.75, 3.05) is 12.3 Å². The molecule has 15 heavy (non-hydrogen) atoms. The molecular weight excluding hydrogens is 210 g/mol. The summed E-state index contributed by atoms with van der Waals surface area (Å²) >= 11 is 0. The van der Waals surface area contributed by atoms with E-state index in [4.69, 9.17) is 0 Å². The Morgan fingerprint density at radius 2 is 1.67 bits per heavy atom. The largest absolute Gasteiger partial charge is 0.313 e. The molecule has 0 aromatic heterocycles. The Morgan fingerprint density at radius 3 is 1.93 bits per heavy atom. The van der Waals surface area contributed by atoms with Gasteiger partial charge in [-0.2, -0.15) is 0 Å². The molecule has 0 bridgehead atoms. The maximum Gasteiger partial charge on any atom is 0.156 e. The van der Waals surface area contributed by atoms with E-state index in [0.29, 0.717) is 5.92 Å². The molecule has 0 aromatic rings. The van der Waals surface area contributed by atoms with E-state index in [2.05, 4.69) is 5.32 Å². The summed E-state index contributed by atoms with van der Waals surface area (Å²) in [6.45, 7) is 12.2. The van der Waals surface area contributed by atoms with Gasteiger partial charge >= 0.3 is 0 Å². The molecule has 1 atom stereocenters. The standard InChI is InChI=1S/C11H25NO2S/c1-7-12-10(9(2)3)8-15(13,14)11(4,5)6/h9-10,12H,7-8H2,1-6H3. The number of hydrogen-bond acceptors (Lipinski definition) is 3. The van der Waals surface area contributed by atoms with Crippen molar-refractivity contribution >= 4 is 9.84 Å².